The van der Waals surface area contributed by atoms with E-state index >= 15 is 0 Å². The minimum Gasteiger partial charge on any atom is -0.455 e. The summed E-state index contributed by atoms with van der Waals surface area (Å²) in [6.45, 7) is 0. The molecule has 0 aliphatic heterocycles. The van der Waals surface area contributed by atoms with E-state index in [-0.39, 0.29) is 0 Å². The number of pyridine rings is 3. The molecule has 53 heavy (non-hydrogen) atoms. The third kappa shape index (κ3) is 4.73. The highest BCUT2D eigenvalue weighted by atomic mass is 16.3. The molecule has 0 aliphatic rings. The van der Waals surface area contributed by atoms with Gasteiger partial charge >= 0.3 is 0 Å². The highest BCUT2D eigenvalue weighted by molar-refractivity contribution is 6.25. The fourth-order valence-electron chi connectivity index (χ4n) is 7.88. The number of para-hydroxylation sites is 2. The van der Waals surface area contributed by atoms with Crippen molar-refractivity contribution in [1.82, 2.24) is 15.0 Å². The summed E-state index contributed by atoms with van der Waals surface area (Å²) in [4.78, 5) is 15.5. The molecule has 0 aliphatic carbocycles. The summed E-state index contributed by atoms with van der Waals surface area (Å²) in [5.74, 6) is 0. The van der Waals surface area contributed by atoms with E-state index < -0.39 is 0 Å². The molecule has 0 atom stereocenters. The molecule has 0 spiro atoms. The third-order valence-corrected chi connectivity index (χ3v) is 10.4. The minimum absolute atomic E-state index is 0.865. The van der Waals surface area contributed by atoms with Crippen LogP contribution in [0, 0.1) is 0 Å². The summed E-state index contributed by atoms with van der Waals surface area (Å²) in [6, 6.07) is 61.2. The van der Waals surface area contributed by atoms with Crippen LogP contribution in [0.15, 0.2) is 180 Å². The summed E-state index contributed by atoms with van der Waals surface area (Å²) in [5.41, 5.74) is 12.6. The molecule has 4 aromatic heterocycles. The Morgan fingerprint density at radius 2 is 0.925 bits per heavy atom. The van der Waals surface area contributed by atoms with Gasteiger partial charge in [0.1, 0.15) is 11.2 Å². The Hall–Kier alpha value is -7.17. The molecular weight excluding hydrogens is 647 g/mol. The summed E-state index contributed by atoms with van der Waals surface area (Å²) >= 11 is 0. The molecule has 4 nitrogen and oxygen atoms in total. The average molecular weight is 676 g/mol. The van der Waals surface area contributed by atoms with Crippen LogP contribution < -0.4 is 0 Å². The van der Waals surface area contributed by atoms with E-state index in [1.165, 1.54) is 0 Å². The van der Waals surface area contributed by atoms with Crippen LogP contribution in [0.5, 0.6) is 0 Å². The van der Waals surface area contributed by atoms with Gasteiger partial charge in [0.15, 0.2) is 0 Å². The molecule has 4 heterocycles. The molecule has 11 rings (SSSR count). The SMILES string of the molecule is c1ccc(-c2ccc3ccc4ccc(-c5cccc(-c6cccc7c6oc6c7ccc7c(-c8ccccc8)nc8ccccc8c76)c5)nc4c3n2)cc1. The van der Waals surface area contributed by atoms with Crippen molar-refractivity contribution in [3.05, 3.63) is 176 Å². The second kappa shape index (κ2) is 11.7. The lowest BCUT2D eigenvalue weighted by atomic mass is 9.97. The standard InChI is InChI=1S/C49H29N3O/c1-3-11-30(12-4-1)41-27-23-32-21-22-33-24-28-42(51-47(33)46(32)50-41)35-16-9-15-34(29-35)36-18-10-19-37-38-25-26-40-44(49(38)53-48(36)37)39-17-7-8-20-43(39)52-45(40)31-13-5-2-6-14-31/h1-29H. The van der Waals surface area contributed by atoms with E-state index in [0.29, 0.717) is 0 Å². The molecular formula is C49H29N3O. The van der Waals surface area contributed by atoms with Crippen LogP contribution in [0.1, 0.15) is 0 Å². The number of nitrogens with zero attached hydrogens (tertiary/aromatic N) is 3. The number of hydrogen-bond donors (Lipinski definition) is 0. The summed E-state index contributed by atoms with van der Waals surface area (Å²) in [5, 5.41) is 7.54. The molecule has 0 fully saturated rings. The van der Waals surface area contributed by atoms with Crippen molar-refractivity contribution in [2.24, 2.45) is 0 Å². The van der Waals surface area contributed by atoms with Gasteiger partial charge < -0.3 is 4.42 Å². The van der Waals surface area contributed by atoms with E-state index in [4.69, 9.17) is 19.4 Å². The smallest absolute Gasteiger partial charge is 0.144 e. The molecule has 0 N–H and O–H groups in total. The van der Waals surface area contributed by atoms with Crippen LogP contribution in [-0.4, -0.2) is 15.0 Å². The fraction of sp³-hybridized carbons (Fsp3) is 0. The lowest BCUT2D eigenvalue weighted by molar-refractivity contribution is 0.674. The number of fused-ring (bicyclic) bond motifs is 10. The summed E-state index contributed by atoms with van der Waals surface area (Å²) in [6.07, 6.45) is 0. The van der Waals surface area contributed by atoms with Gasteiger partial charge in [0, 0.05) is 60.0 Å². The maximum Gasteiger partial charge on any atom is 0.144 e. The van der Waals surface area contributed by atoms with E-state index in [0.717, 1.165) is 110 Å². The Bertz CT molecular complexity index is 3220. The Kier molecular flexibility index (Phi) is 6.52. The van der Waals surface area contributed by atoms with Gasteiger partial charge in [-0.25, -0.2) is 15.0 Å². The monoisotopic (exact) mass is 675 g/mol. The zero-order valence-corrected chi connectivity index (χ0v) is 28.5. The van der Waals surface area contributed by atoms with E-state index in [1.807, 2.05) is 30.3 Å². The highest BCUT2D eigenvalue weighted by Gasteiger charge is 2.19. The molecule has 0 saturated heterocycles. The Labute approximate surface area is 304 Å². The number of benzene rings is 7. The third-order valence-electron chi connectivity index (χ3n) is 10.4. The van der Waals surface area contributed by atoms with Gasteiger partial charge in [-0.2, -0.15) is 0 Å². The van der Waals surface area contributed by atoms with E-state index in [1.54, 1.807) is 0 Å². The van der Waals surface area contributed by atoms with Crippen molar-refractivity contribution in [3.8, 4) is 44.9 Å². The lowest BCUT2D eigenvalue weighted by Gasteiger charge is -2.10. The first-order valence-corrected chi connectivity index (χ1v) is 17.9. The highest BCUT2D eigenvalue weighted by Crippen LogP contribution is 2.43. The van der Waals surface area contributed by atoms with Crippen LogP contribution in [-0.2, 0) is 0 Å². The van der Waals surface area contributed by atoms with Crippen LogP contribution in [0.25, 0.3) is 110 Å². The maximum atomic E-state index is 7.00. The first-order valence-electron chi connectivity index (χ1n) is 17.9. The molecule has 11 aromatic rings. The van der Waals surface area contributed by atoms with E-state index in [9.17, 15) is 0 Å². The van der Waals surface area contributed by atoms with Gasteiger partial charge in [0.05, 0.1) is 33.6 Å². The van der Waals surface area contributed by atoms with Crippen molar-refractivity contribution in [1.29, 1.82) is 0 Å². The Balaban J connectivity index is 1.08. The fourth-order valence-corrected chi connectivity index (χ4v) is 7.88. The topological polar surface area (TPSA) is 51.8 Å². The van der Waals surface area contributed by atoms with Gasteiger partial charge in [-0.15, -0.1) is 0 Å². The van der Waals surface area contributed by atoms with Gasteiger partial charge in [0.2, 0.25) is 0 Å². The molecule has 7 aromatic carbocycles. The largest absolute Gasteiger partial charge is 0.455 e. The molecule has 0 saturated carbocycles. The number of aromatic nitrogens is 3. The number of hydrogen-bond acceptors (Lipinski definition) is 4. The molecule has 0 unspecified atom stereocenters. The maximum absolute atomic E-state index is 7.00. The quantitative estimate of drug-likeness (QED) is 0.174. The van der Waals surface area contributed by atoms with Crippen LogP contribution in [0.4, 0.5) is 0 Å². The van der Waals surface area contributed by atoms with Gasteiger partial charge in [-0.1, -0.05) is 146 Å². The van der Waals surface area contributed by atoms with Crippen molar-refractivity contribution in [2.45, 2.75) is 0 Å². The van der Waals surface area contributed by atoms with Gasteiger partial charge in [-0.05, 0) is 35.9 Å². The molecule has 0 amide bonds. The van der Waals surface area contributed by atoms with Crippen LogP contribution in [0.3, 0.4) is 0 Å². The molecule has 246 valence electrons. The summed E-state index contributed by atoms with van der Waals surface area (Å²) < 4.78 is 7.00. The van der Waals surface area contributed by atoms with E-state index in [2.05, 4.69) is 146 Å². The van der Waals surface area contributed by atoms with Crippen molar-refractivity contribution >= 4 is 65.4 Å². The van der Waals surface area contributed by atoms with Crippen molar-refractivity contribution < 1.29 is 4.42 Å². The Morgan fingerprint density at radius 1 is 0.358 bits per heavy atom. The van der Waals surface area contributed by atoms with Gasteiger partial charge in [0.25, 0.3) is 0 Å². The molecule has 0 bridgehead atoms. The normalized spacial score (nSPS) is 11.8. The zero-order chi connectivity index (χ0) is 34.9. The Morgan fingerprint density at radius 3 is 1.70 bits per heavy atom. The van der Waals surface area contributed by atoms with Crippen LogP contribution >= 0.6 is 0 Å². The number of rotatable bonds is 4. The van der Waals surface area contributed by atoms with Crippen LogP contribution in [0.2, 0.25) is 0 Å². The predicted molar refractivity (Wildman–Crippen MR) is 219 cm³/mol. The minimum atomic E-state index is 0.865. The summed E-state index contributed by atoms with van der Waals surface area (Å²) in [7, 11) is 0. The van der Waals surface area contributed by atoms with Gasteiger partial charge in [-0.3, -0.25) is 0 Å². The zero-order valence-electron chi connectivity index (χ0n) is 28.5. The molecule has 0 radical (unpaired) electrons. The first kappa shape index (κ1) is 29.5. The first-order chi connectivity index (χ1) is 26.3. The average Bonchev–Trinajstić information content (AvgIpc) is 3.63. The van der Waals surface area contributed by atoms with Crippen molar-refractivity contribution in [2.75, 3.05) is 0 Å². The molecule has 4 heteroatoms. The number of furan rings is 1. The second-order valence-electron chi connectivity index (χ2n) is 13.5. The predicted octanol–water partition coefficient (Wildman–Crippen LogP) is 13.1. The lowest BCUT2D eigenvalue weighted by Crippen LogP contribution is -1.91. The second-order valence-corrected chi connectivity index (χ2v) is 13.5. The van der Waals surface area contributed by atoms with Crippen molar-refractivity contribution in [3.63, 3.8) is 0 Å².